The molecule has 0 radical (unpaired) electrons. The van der Waals surface area contributed by atoms with E-state index in [-0.39, 0.29) is 5.41 Å². The molecule has 0 aromatic heterocycles. The summed E-state index contributed by atoms with van der Waals surface area (Å²) >= 11 is 0. The van der Waals surface area contributed by atoms with Crippen LogP contribution in [0.1, 0.15) is 43.0 Å². The minimum absolute atomic E-state index is 0.0583. The molecule has 3 aromatic rings. The topological polar surface area (TPSA) is 50.8 Å². The zero-order chi connectivity index (χ0) is 29.9. The first-order chi connectivity index (χ1) is 20.0. The summed E-state index contributed by atoms with van der Waals surface area (Å²) in [5, 5.41) is 3.44. The van der Waals surface area contributed by atoms with Gasteiger partial charge in [0.1, 0.15) is 18.1 Å². The van der Waals surface area contributed by atoms with Crippen molar-refractivity contribution in [2.75, 3.05) is 26.2 Å². The highest BCUT2D eigenvalue weighted by Gasteiger charge is 2.55. The molecule has 1 heterocycles. The van der Waals surface area contributed by atoms with E-state index in [0.717, 1.165) is 43.3 Å². The van der Waals surface area contributed by atoms with Gasteiger partial charge >= 0.3 is 6.18 Å². The van der Waals surface area contributed by atoms with E-state index in [1.807, 2.05) is 48.5 Å². The molecule has 1 saturated heterocycles. The van der Waals surface area contributed by atoms with E-state index in [2.05, 4.69) is 31.0 Å². The van der Waals surface area contributed by atoms with E-state index in [9.17, 15) is 18.0 Å². The van der Waals surface area contributed by atoms with Gasteiger partial charge in [0, 0.05) is 38.6 Å². The van der Waals surface area contributed by atoms with Gasteiger partial charge in [-0.3, -0.25) is 9.69 Å². The maximum atomic E-state index is 12.9. The monoisotopic (exact) mass is 580 g/mol. The smallest absolute Gasteiger partial charge is 0.416 e. The van der Waals surface area contributed by atoms with Crippen molar-refractivity contribution in [3.05, 3.63) is 95.1 Å². The lowest BCUT2D eigenvalue weighted by molar-refractivity contribution is -0.137. The fourth-order valence-electron chi connectivity index (χ4n) is 5.76. The third-order valence-electron chi connectivity index (χ3n) is 8.26. The summed E-state index contributed by atoms with van der Waals surface area (Å²) in [4.78, 5) is 14.1. The summed E-state index contributed by atoms with van der Waals surface area (Å²) in [6, 6.07) is 21.6. The third kappa shape index (κ3) is 7.72. The zero-order valence-electron chi connectivity index (χ0n) is 24.4. The van der Waals surface area contributed by atoms with E-state index in [0.29, 0.717) is 48.8 Å². The van der Waals surface area contributed by atoms with Gasteiger partial charge in [-0.2, -0.15) is 13.2 Å². The minimum atomic E-state index is -4.31. The van der Waals surface area contributed by atoms with Crippen molar-refractivity contribution in [3.63, 3.8) is 0 Å². The Kier molecular flexibility index (Phi) is 8.94. The summed E-state index contributed by atoms with van der Waals surface area (Å²) in [5.41, 5.74) is 2.32. The lowest BCUT2D eigenvalue weighted by Gasteiger charge is -2.20. The van der Waals surface area contributed by atoms with Gasteiger partial charge in [0.05, 0.1) is 5.56 Å². The molecule has 42 heavy (non-hydrogen) atoms. The molecule has 1 unspecified atom stereocenters. The summed E-state index contributed by atoms with van der Waals surface area (Å²) < 4.78 is 50.7. The number of ether oxygens (including phenoxy) is 2. The fourth-order valence-corrected chi connectivity index (χ4v) is 5.76. The second-order valence-corrected chi connectivity index (χ2v) is 12.5. The van der Waals surface area contributed by atoms with Crippen LogP contribution >= 0.6 is 0 Å². The van der Waals surface area contributed by atoms with Crippen molar-refractivity contribution >= 4 is 6.29 Å². The molecule has 4 atom stereocenters. The standard InChI is InChI=1S/C34H39F3N2O3/c1-33(2,3)25-9-13-28(14-10-25)42-29(22-40)18-23-7-11-27(12-8-23)41-16-15-39-20-30-31(21-39)32(30)38-19-24-5-4-6-26(17-24)34(35,36)37/h4-14,17,22,29-32,38H,15-16,18-21H2,1-3H3/t29-,30-,31+,32?/m0/s1. The first kappa shape index (κ1) is 30.1. The largest absolute Gasteiger partial charge is 0.492 e. The van der Waals surface area contributed by atoms with E-state index in [1.165, 1.54) is 17.7 Å². The van der Waals surface area contributed by atoms with Crippen LogP contribution < -0.4 is 14.8 Å². The quantitative estimate of drug-likeness (QED) is 0.255. The number of aldehydes is 1. The van der Waals surface area contributed by atoms with Crippen LogP contribution in [-0.2, 0) is 29.4 Å². The van der Waals surface area contributed by atoms with Crippen molar-refractivity contribution in [1.82, 2.24) is 10.2 Å². The fraction of sp³-hybridized carbons (Fsp3) is 0.441. The SMILES string of the molecule is CC(C)(C)c1ccc(O[C@H](C=O)Cc2ccc(OCCN3C[C@@H]4C(NCc5cccc(C(F)(F)F)c5)[C@@H]4C3)cc2)cc1. The third-order valence-corrected chi connectivity index (χ3v) is 8.26. The van der Waals surface area contributed by atoms with Gasteiger partial charge < -0.3 is 14.8 Å². The van der Waals surface area contributed by atoms with Crippen LogP contribution in [0.2, 0.25) is 0 Å². The molecule has 1 N–H and O–H groups in total. The first-order valence-electron chi connectivity index (χ1n) is 14.6. The molecule has 2 aliphatic rings. The van der Waals surface area contributed by atoms with E-state index in [4.69, 9.17) is 9.47 Å². The number of nitrogens with one attached hydrogen (secondary N) is 1. The number of hydrogen-bond acceptors (Lipinski definition) is 5. The molecule has 1 saturated carbocycles. The molecule has 8 heteroatoms. The number of fused-ring (bicyclic) bond motifs is 1. The van der Waals surface area contributed by atoms with Crippen LogP contribution in [0.3, 0.4) is 0 Å². The molecule has 5 nitrogen and oxygen atoms in total. The molecule has 0 amide bonds. The molecular weight excluding hydrogens is 541 g/mol. The number of piperidine rings is 1. The molecule has 1 aliphatic carbocycles. The van der Waals surface area contributed by atoms with E-state index in [1.54, 1.807) is 6.07 Å². The van der Waals surface area contributed by atoms with Gasteiger partial charge in [0.2, 0.25) is 0 Å². The molecule has 224 valence electrons. The number of carbonyl (C=O) groups excluding carboxylic acids is 1. The van der Waals surface area contributed by atoms with E-state index < -0.39 is 17.8 Å². The van der Waals surface area contributed by atoms with Gasteiger partial charge in [-0.1, -0.05) is 63.2 Å². The normalized spacial score (nSPS) is 21.0. The summed E-state index contributed by atoms with van der Waals surface area (Å²) in [7, 11) is 0. The molecule has 2 fully saturated rings. The Balaban J connectivity index is 0.996. The van der Waals surface area contributed by atoms with Crippen molar-refractivity contribution in [2.45, 2.75) is 57.5 Å². The number of carbonyl (C=O) groups is 1. The molecule has 0 spiro atoms. The number of alkyl halides is 3. The summed E-state index contributed by atoms with van der Waals surface area (Å²) in [6.07, 6.45) is -3.56. The highest BCUT2D eigenvalue weighted by molar-refractivity contribution is 5.58. The second kappa shape index (κ2) is 12.5. The molecule has 0 bridgehead atoms. The molecule has 5 rings (SSSR count). The average Bonchev–Trinajstić information content (AvgIpc) is 3.41. The van der Waals surface area contributed by atoms with Crippen LogP contribution in [0, 0.1) is 11.8 Å². The minimum Gasteiger partial charge on any atom is -0.492 e. The molecule has 1 aliphatic heterocycles. The maximum absolute atomic E-state index is 12.9. The zero-order valence-corrected chi connectivity index (χ0v) is 24.4. The Labute approximate surface area is 246 Å². The Morgan fingerprint density at radius 3 is 2.19 bits per heavy atom. The lowest BCUT2D eigenvalue weighted by atomic mass is 9.87. The molecule has 3 aromatic carbocycles. The van der Waals surface area contributed by atoms with Crippen LogP contribution in [0.5, 0.6) is 11.5 Å². The number of halogens is 3. The van der Waals surface area contributed by atoms with Crippen molar-refractivity contribution in [2.24, 2.45) is 11.8 Å². The van der Waals surface area contributed by atoms with Gasteiger partial charge in [-0.25, -0.2) is 0 Å². The average molecular weight is 581 g/mol. The highest BCUT2D eigenvalue weighted by atomic mass is 19.4. The second-order valence-electron chi connectivity index (χ2n) is 12.5. The Hall–Kier alpha value is -3.36. The van der Waals surface area contributed by atoms with E-state index >= 15 is 0 Å². The van der Waals surface area contributed by atoms with Gasteiger partial charge in [0.15, 0.2) is 12.4 Å². The number of benzene rings is 3. The first-order valence-corrected chi connectivity index (χ1v) is 14.6. The van der Waals surface area contributed by atoms with Crippen molar-refractivity contribution in [3.8, 4) is 11.5 Å². The van der Waals surface area contributed by atoms with Crippen molar-refractivity contribution < 1.29 is 27.4 Å². The maximum Gasteiger partial charge on any atom is 0.416 e. The Morgan fingerprint density at radius 1 is 0.905 bits per heavy atom. The Morgan fingerprint density at radius 2 is 1.57 bits per heavy atom. The van der Waals surface area contributed by atoms with Gasteiger partial charge in [-0.15, -0.1) is 0 Å². The predicted molar refractivity (Wildman–Crippen MR) is 157 cm³/mol. The van der Waals surface area contributed by atoms with Crippen LogP contribution in [0.15, 0.2) is 72.8 Å². The number of hydrogen-bond donors (Lipinski definition) is 1. The van der Waals surface area contributed by atoms with Crippen LogP contribution in [-0.4, -0.2) is 49.6 Å². The highest BCUT2D eigenvalue weighted by Crippen LogP contribution is 2.45. The number of likely N-dealkylation sites (tertiary alicyclic amines) is 1. The number of rotatable bonds is 12. The van der Waals surface area contributed by atoms with Crippen LogP contribution in [0.25, 0.3) is 0 Å². The summed E-state index contributed by atoms with van der Waals surface area (Å²) in [6.45, 7) is 10.3. The Bertz CT molecular complexity index is 1320. The predicted octanol–water partition coefficient (Wildman–Crippen LogP) is 6.29. The summed E-state index contributed by atoms with van der Waals surface area (Å²) in [5.74, 6) is 2.54. The van der Waals surface area contributed by atoms with Gasteiger partial charge in [0.25, 0.3) is 0 Å². The molecular formula is C34H39F3N2O3. The van der Waals surface area contributed by atoms with Gasteiger partial charge in [-0.05, 0) is 64.3 Å². The van der Waals surface area contributed by atoms with Crippen LogP contribution in [0.4, 0.5) is 13.2 Å². The number of nitrogens with zero attached hydrogens (tertiary/aromatic N) is 1. The van der Waals surface area contributed by atoms with Crippen molar-refractivity contribution in [1.29, 1.82) is 0 Å². The lowest BCUT2D eigenvalue weighted by Crippen LogP contribution is -2.33.